The number of rotatable bonds is 5. The van der Waals surface area contributed by atoms with E-state index in [0.29, 0.717) is 22.8 Å². The maximum atomic E-state index is 13.9. The maximum absolute atomic E-state index is 13.9. The average Bonchev–Trinajstić information content (AvgIpc) is 3.52. The van der Waals surface area contributed by atoms with Crippen molar-refractivity contribution in [2.75, 3.05) is 24.5 Å². The first-order valence-corrected chi connectivity index (χ1v) is 13.9. The summed E-state index contributed by atoms with van der Waals surface area (Å²) in [4.78, 5) is 15.6. The molecule has 0 bridgehead atoms. The van der Waals surface area contributed by atoms with Crippen LogP contribution in [0.25, 0.3) is 0 Å². The summed E-state index contributed by atoms with van der Waals surface area (Å²) in [6, 6.07) is 3.62. The Morgan fingerprint density at radius 2 is 1.91 bits per heavy atom. The van der Waals surface area contributed by atoms with Gasteiger partial charge in [0.1, 0.15) is 10.7 Å². The molecule has 2 saturated heterocycles. The summed E-state index contributed by atoms with van der Waals surface area (Å²) in [6.07, 6.45) is 10.4. The number of hydrogen-bond donors (Lipinski definition) is 0. The van der Waals surface area contributed by atoms with Gasteiger partial charge in [-0.3, -0.25) is 9.97 Å². The van der Waals surface area contributed by atoms with Crippen molar-refractivity contribution < 1.29 is 8.42 Å². The number of halogens is 1. The van der Waals surface area contributed by atoms with Crippen molar-refractivity contribution in [3.8, 4) is 0 Å². The second kappa shape index (κ2) is 9.17. The van der Waals surface area contributed by atoms with Crippen molar-refractivity contribution in [3.63, 3.8) is 0 Å². The number of anilines is 1. The van der Waals surface area contributed by atoms with Crippen LogP contribution in [0.15, 0.2) is 57.0 Å². The van der Waals surface area contributed by atoms with Crippen molar-refractivity contribution in [1.29, 1.82) is 0 Å². The number of piperidine rings is 1. The van der Waals surface area contributed by atoms with Crippen LogP contribution in [0.3, 0.4) is 0 Å². The third-order valence-corrected chi connectivity index (χ3v) is 9.36. The topological polar surface area (TPSA) is 79.3 Å². The molecule has 2 aliphatic heterocycles. The van der Waals surface area contributed by atoms with Crippen molar-refractivity contribution in [3.05, 3.63) is 63.4 Å². The summed E-state index contributed by atoms with van der Waals surface area (Å²) in [7, 11) is -3.70. The molecule has 5 rings (SSSR count). The lowest BCUT2D eigenvalue weighted by Crippen LogP contribution is -2.37. The lowest BCUT2D eigenvalue weighted by Gasteiger charge is -2.34. The first kappa shape index (κ1) is 21.9. The summed E-state index contributed by atoms with van der Waals surface area (Å²) in [6.45, 7) is 1.99. The first-order valence-electron chi connectivity index (χ1n) is 10.7. The number of pyridine rings is 1. The molecule has 3 aromatic rings. The molecule has 0 aliphatic carbocycles. The largest absolute Gasteiger partial charge is 0.355 e. The van der Waals surface area contributed by atoms with E-state index in [1.54, 1.807) is 40.3 Å². The normalized spacial score (nSPS) is 20.7. The number of hydrogen-bond acceptors (Lipinski definition) is 7. The summed E-state index contributed by atoms with van der Waals surface area (Å²) >= 11 is 5.04. The summed E-state index contributed by atoms with van der Waals surface area (Å²) in [5.74, 6) is 0.874. The van der Waals surface area contributed by atoms with Crippen LogP contribution >= 0.6 is 27.3 Å². The van der Waals surface area contributed by atoms with Crippen LogP contribution in [0.2, 0.25) is 0 Å². The smallest absolute Gasteiger partial charge is 0.247 e. The third-order valence-electron chi connectivity index (χ3n) is 6.31. The Bertz CT molecular complexity index is 1170. The SMILES string of the molecule is O=S(=O)(c1cc(Br)cnc1N1CCC(c2cnccn2)CC1)N1CCCC1c1ccsc1. The quantitative estimate of drug-likeness (QED) is 0.476. The Morgan fingerprint density at radius 1 is 1.06 bits per heavy atom. The van der Waals surface area contributed by atoms with Crippen molar-refractivity contribution in [1.82, 2.24) is 19.3 Å². The van der Waals surface area contributed by atoms with Gasteiger partial charge in [0.05, 0.1) is 11.7 Å². The van der Waals surface area contributed by atoms with Gasteiger partial charge in [-0.05, 0) is 70.1 Å². The van der Waals surface area contributed by atoms with Gasteiger partial charge in [-0.15, -0.1) is 0 Å². The highest BCUT2D eigenvalue weighted by Gasteiger charge is 2.39. The van der Waals surface area contributed by atoms with Crippen LogP contribution in [0.1, 0.15) is 48.9 Å². The standard InChI is InChI=1S/C22H24BrN5O2S2/c23-18-12-21(32(29,30)28-8-1-2-20(28)17-5-11-31-15-17)22(26-13-18)27-9-3-16(4-10-27)19-14-24-6-7-25-19/h5-7,11-16,20H,1-4,8-10H2. The van der Waals surface area contributed by atoms with E-state index in [4.69, 9.17) is 0 Å². The Morgan fingerprint density at radius 3 is 2.62 bits per heavy atom. The van der Waals surface area contributed by atoms with Crippen LogP contribution < -0.4 is 4.90 Å². The van der Waals surface area contributed by atoms with Crippen LogP contribution in [-0.2, 0) is 10.0 Å². The first-order chi connectivity index (χ1) is 15.5. The highest BCUT2D eigenvalue weighted by atomic mass is 79.9. The molecule has 7 nitrogen and oxygen atoms in total. The van der Waals surface area contributed by atoms with Gasteiger partial charge < -0.3 is 4.90 Å². The van der Waals surface area contributed by atoms with Gasteiger partial charge in [0.25, 0.3) is 0 Å². The van der Waals surface area contributed by atoms with Crippen LogP contribution in [-0.4, -0.2) is 47.3 Å². The van der Waals surface area contributed by atoms with E-state index < -0.39 is 10.0 Å². The minimum Gasteiger partial charge on any atom is -0.355 e. The van der Waals surface area contributed by atoms with E-state index in [2.05, 4.69) is 41.2 Å². The summed E-state index contributed by atoms with van der Waals surface area (Å²) < 4.78 is 30.1. The highest BCUT2D eigenvalue weighted by molar-refractivity contribution is 9.10. The molecule has 2 aliphatic rings. The Hall–Kier alpha value is -1.88. The van der Waals surface area contributed by atoms with Gasteiger partial charge in [0.15, 0.2) is 0 Å². The molecule has 5 heterocycles. The zero-order chi connectivity index (χ0) is 22.1. The molecule has 32 heavy (non-hydrogen) atoms. The maximum Gasteiger partial charge on any atom is 0.247 e. The van der Waals surface area contributed by atoms with Crippen molar-refractivity contribution in [2.24, 2.45) is 0 Å². The monoisotopic (exact) mass is 533 g/mol. The fourth-order valence-electron chi connectivity index (χ4n) is 4.70. The van der Waals surface area contributed by atoms with Crippen molar-refractivity contribution >= 4 is 43.1 Å². The number of sulfonamides is 1. The molecule has 10 heteroatoms. The minimum atomic E-state index is -3.70. The second-order valence-electron chi connectivity index (χ2n) is 8.20. The van der Waals surface area contributed by atoms with E-state index in [1.807, 2.05) is 17.6 Å². The molecule has 0 radical (unpaired) electrons. The molecular formula is C22H24BrN5O2S2. The molecule has 0 spiro atoms. The molecule has 168 valence electrons. The Labute approximate surface area is 200 Å². The van der Waals surface area contributed by atoms with Gasteiger partial charge in [0, 0.05) is 54.8 Å². The van der Waals surface area contributed by atoms with Gasteiger partial charge in [-0.1, -0.05) is 0 Å². The van der Waals surface area contributed by atoms with E-state index >= 15 is 0 Å². The number of nitrogens with zero attached hydrogens (tertiary/aromatic N) is 5. The van der Waals surface area contributed by atoms with Crippen LogP contribution in [0.5, 0.6) is 0 Å². The van der Waals surface area contributed by atoms with Gasteiger partial charge >= 0.3 is 0 Å². The Balaban J connectivity index is 1.43. The number of aromatic nitrogens is 3. The summed E-state index contributed by atoms with van der Waals surface area (Å²) in [5, 5.41) is 4.06. The fourth-order valence-corrected chi connectivity index (χ4v) is 7.76. The van der Waals surface area contributed by atoms with Crippen LogP contribution in [0.4, 0.5) is 5.82 Å². The predicted octanol–water partition coefficient (Wildman–Crippen LogP) is 4.61. The van der Waals surface area contributed by atoms with Gasteiger partial charge in [-0.2, -0.15) is 15.6 Å². The van der Waals surface area contributed by atoms with Gasteiger partial charge in [0.2, 0.25) is 10.0 Å². The third kappa shape index (κ3) is 4.21. The number of thiophene rings is 1. The molecule has 3 aromatic heterocycles. The van der Waals surface area contributed by atoms with E-state index in [9.17, 15) is 8.42 Å². The molecule has 0 amide bonds. The molecule has 1 unspecified atom stereocenters. The van der Waals surface area contributed by atoms with Crippen LogP contribution in [0, 0.1) is 0 Å². The second-order valence-corrected chi connectivity index (χ2v) is 11.8. The van der Waals surface area contributed by atoms with Gasteiger partial charge in [-0.25, -0.2) is 13.4 Å². The highest BCUT2D eigenvalue weighted by Crippen LogP contribution is 2.40. The Kier molecular flexibility index (Phi) is 6.28. The zero-order valence-electron chi connectivity index (χ0n) is 17.5. The van der Waals surface area contributed by atoms with E-state index in [0.717, 1.165) is 50.0 Å². The molecule has 0 N–H and O–H groups in total. The minimum absolute atomic E-state index is 0.111. The molecule has 1 atom stereocenters. The average molecular weight is 535 g/mol. The lowest BCUT2D eigenvalue weighted by molar-refractivity contribution is 0.397. The zero-order valence-corrected chi connectivity index (χ0v) is 20.7. The van der Waals surface area contributed by atoms with E-state index in [-0.39, 0.29) is 10.9 Å². The lowest BCUT2D eigenvalue weighted by atomic mass is 9.94. The molecular weight excluding hydrogens is 510 g/mol. The predicted molar refractivity (Wildman–Crippen MR) is 128 cm³/mol. The molecule has 0 saturated carbocycles. The summed E-state index contributed by atoms with van der Waals surface area (Å²) in [5.41, 5.74) is 2.07. The van der Waals surface area contributed by atoms with E-state index in [1.165, 1.54) is 0 Å². The van der Waals surface area contributed by atoms with Crippen molar-refractivity contribution in [2.45, 2.75) is 42.5 Å². The molecule has 2 fully saturated rings. The molecule has 0 aromatic carbocycles. The fraction of sp³-hybridized carbons (Fsp3) is 0.409.